The first-order valence-electron chi connectivity index (χ1n) is 6.54. The average Bonchev–Trinajstić information content (AvgIpc) is 2.45. The summed E-state index contributed by atoms with van der Waals surface area (Å²) in [6, 6.07) is 5.15. The van der Waals surface area contributed by atoms with Gasteiger partial charge in [-0.15, -0.1) is 0 Å². The number of carbonyl (C=O) groups is 1. The minimum atomic E-state index is -0.424. The SMILES string of the molecule is COC(=O)c1cccc(N)c1N1CC(C)OC(CO)C1. The van der Waals surface area contributed by atoms with Crippen molar-refractivity contribution in [2.24, 2.45) is 0 Å². The van der Waals surface area contributed by atoms with E-state index >= 15 is 0 Å². The van der Waals surface area contributed by atoms with Gasteiger partial charge < -0.3 is 25.2 Å². The molecule has 1 heterocycles. The molecule has 0 radical (unpaired) electrons. The summed E-state index contributed by atoms with van der Waals surface area (Å²) in [5, 5.41) is 9.29. The number of anilines is 2. The molecule has 0 aromatic heterocycles. The lowest BCUT2D eigenvalue weighted by atomic mass is 10.1. The summed E-state index contributed by atoms with van der Waals surface area (Å²) >= 11 is 0. The normalized spacial score (nSPS) is 22.6. The maximum absolute atomic E-state index is 11.9. The third kappa shape index (κ3) is 2.86. The van der Waals surface area contributed by atoms with Gasteiger partial charge in [0.1, 0.15) is 0 Å². The molecule has 20 heavy (non-hydrogen) atoms. The molecule has 2 unspecified atom stereocenters. The third-order valence-electron chi connectivity index (χ3n) is 3.32. The van der Waals surface area contributed by atoms with Crippen LogP contribution in [-0.4, -0.2) is 50.1 Å². The van der Waals surface area contributed by atoms with Gasteiger partial charge >= 0.3 is 5.97 Å². The van der Waals surface area contributed by atoms with Gasteiger partial charge in [-0.05, 0) is 19.1 Å². The number of para-hydroxylation sites is 1. The van der Waals surface area contributed by atoms with Crippen LogP contribution in [0.15, 0.2) is 18.2 Å². The highest BCUT2D eigenvalue weighted by molar-refractivity contribution is 5.99. The van der Waals surface area contributed by atoms with E-state index in [0.717, 1.165) is 0 Å². The molecule has 6 heteroatoms. The lowest BCUT2D eigenvalue weighted by molar-refractivity contribution is -0.0421. The van der Waals surface area contributed by atoms with E-state index < -0.39 is 5.97 Å². The predicted molar refractivity (Wildman–Crippen MR) is 75.8 cm³/mol. The Hall–Kier alpha value is -1.79. The fourth-order valence-electron chi connectivity index (χ4n) is 2.52. The van der Waals surface area contributed by atoms with Gasteiger partial charge in [-0.1, -0.05) is 6.07 Å². The number of morpholine rings is 1. The monoisotopic (exact) mass is 280 g/mol. The number of hydrogen-bond donors (Lipinski definition) is 2. The van der Waals surface area contributed by atoms with Crippen molar-refractivity contribution in [2.75, 3.05) is 37.4 Å². The number of nitrogens with two attached hydrogens (primary N) is 1. The molecule has 0 bridgehead atoms. The van der Waals surface area contributed by atoms with Crippen molar-refractivity contribution < 1.29 is 19.4 Å². The summed E-state index contributed by atoms with van der Waals surface area (Å²) in [4.78, 5) is 13.8. The van der Waals surface area contributed by atoms with E-state index in [1.807, 2.05) is 11.8 Å². The molecule has 110 valence electrons. The Morgan fingerprint density at radius 3 is 2.95 bits per heavy atom. The highest BCUT2D eigenvalue weighted by atomic mass is 16.5. The number of aliphatic hydroxyl groups is 1. The first-order chi connectivity index (χ1) is 9.56. The first kappa shape index (κ1) is 14.6. The number of ether oxygens (including phenoxy) is 2. The Labute approximate surface area is 118 Å². The van der Waals surface area contributed by atoms with Gasteiger partial charge in [0.2, 0.25) is 0 Å². The van der Waals surface area contributed by atoms with Gasteiger partial charge in [0.15, 0.2) is 0 Å². The molecular formula is C14H20N2O4. The molecule has 1 saturated heterocycles. The third-order valence-corrected chi connectivity index (χ3v) is 3.32. The molecule has 3 N–H and O–H groups in total. The summed E-state index contributed by atoms with van der Waals surface area (Å²) in [6.45, 7) is 2.95. The van der Waals surface area contributed by atoms with Gasteiger partial charge in [-0.3, -0.25) is 0 Å². The molecular weight excluding hydrogens is 260 g/mol. The number of benzene rings is 1. The van der Waals surface area contributed by atoms with E-state index in [-0.39, 0.29) is 18.8 Å². The Morgan fingerprint density at radius 2 is 2.30 bits per heavy atom. The molecule has 0 saturated carbocycles. The molecule has 1 aliphatic heterocycles. The predicted octanol–water partition coefficient (Wildman–Crippen LogP) is 0.641. The van der Waals surface area contributed by atoms with Gasteiger partial charge in [0.05, 0.1) is 42.9 Å². The van der Waals surface area contributed by atoms with Crippen molar-refractivity contribution in [3.05, 3.63) is 23.8 Å². The van der Waals surface area contributed by atoms with Crippen LogP contribution in [0.1, 0.15) is 17.3 Å². The van der Waals surface area contributed by atoms with Gasteiger partial charge in [0.25, 0.3) is 0 Å². The number of esters is 1. The van der Waals surface area contributed by atoms with Crippen LogP contribution in [0, 0.1) is 0 Å². The number of nitrogen functional groups attached to an aromatic ring is 1. The van der Waals surface area contributed by atoms with Gasteiger partial charge in [0, 0.05) is 13.1 Å². The van der Waals surface area contributed by atoms with E-state index in [1.54, 1.807) is 18.2 Å². The molecule has 1 aromatic carbocycles. The summed E-state index contributed by atoms with van der Waals surface area (Å²) in [6.07, 6.45) is -0.338. The van der Waals surface area contributed by atoms with Crippen LogP contribution in [-0.2, 0) is 9.47 Å². The van der Waals surface area contributed by atoms with E-state index in [4.69, 9.17) is 15.2 Å². The van der Waals surface area contributed by atoms with Crippen molar-refractivity contribution in [2.45, 2.75) is 19.1 Å². The first-order valence-corrected chi connectivity index (χ1v) is 6.54. The molecule has 2 rings (SSSR count). The lowest BCUT2D eigenvalue weighted by Gasteiger charge is -2.38. The molecule has 1 aliphatic rings. The largest absolute Gasteiger partial charge is 0.465 e. The Kier molecular flexibility index (Phi) is 4.46. The fraction of sp³-hybridized carbons (Fsp3) is 0.500. The zero-order valence-corrected chi connectivity index (χ0v) is 11.7. The average molecular weight is 280 g/mol. The zero-order chi connectivity index (χ0) is 14.7. The van der Waals surface area contributed by atoms with Crippen LogP contribution in [0.4, 0.5) is 11.4 Å². The standard InChI is InChI=1S/C14H20N2O4/c1-9-6-16(7-10(8-17)20-9)13-11(14(18)19-2)4-3-5-12(13)15/h3-5,9-10,17H,6-8,15H2,1-2H3. The summed E-state index contributed by atoms with van der Waals surface area (Å²) < 4.78 is 10.4. The van der Waals surface area contributed by atoms with E-state index in [2.05, 4.69) is 0 Å². The Bertz CT molecular complexity index is 492. The smallest absolute Gasteiger partial charge is 0.340 e. The van der Waals surface area contributed by atoms with E-state index in [9.17, 15) is 9.90 Å². The molecule has 0 aliphatic carbocycles. The maximum atomic E-state index is 11.9. The number of aliphatic hydroxyl groups excluding tert-OH is 1. The van der Waals surface area contributed by atoms with Crippen LogP contribution in [0.2, 0.25) is 0 Å². The lowest BCUT2D eigenvalue weighted by Crippen LogP contribution is -2.48. The maximum Gasteiger partial charge on any atom is 0.340 e. The van der Waals surface area contributed by atoms with Crippen LogP contribution >= 0.6 is 0 Å². The summed E-state index contributed by atoms with van der Waals surface area (Å²) in [7, 11) is 1.34. The summed E-state index contributed by atoms with van der Waals surface area (Å²) in [5.74, 6) is -0.424. The molecule has 0 amide bonds. The number of rotatable bonds is 3. The quantitative estimate of drug-likeness (QED) is 0.624. The second-order valence-corrected chi connectivity index (χ2v) is 4.89. The fourth-order valence-corrected chi connectivity index (χ4v) is 2.52. The van der Waals surface area contributed by atoms with Crippen molar-refractivity contribution in [1.82, 2.24) is 0 Å². The highest BCUT2D eigenvalue weighted by Gasteiger charge is 2.28. The topological polar surface area (TPSA) is 85.0 Å². The minimum Gasteiger partial charge on any atom is -0.465 e. The summed E-state index contributed by atoms with van der Waals surface area (Å²) in [5.41, 5.74) is 7.61. The van der Waals surface area contributed by atoms with Crippen LogP contribution < -0.4 is 10.6 Å². The Morgan fingerprint density at radius 1 is 1.55 bits per heavy atom. The van der Waals surface area contributed by atoms with E-state index in [1.165, 1.54) is 7.11 Å². The van der Waals surface area contributed by atoms with Gasteiger partial charge in [-0.2, -0.15) is 0 Å². The van der Waals surface area contributed by atoms with Crippen molar-refractivity contribution in [1.29, 1.82) is 0 Å². The van der Waals surface area contributed by atoms with Crippen molar-refractivity contribution in [3.8, 4) is 0 Å². The molecule has 6 nitrogen and oxygen atoms in total. The second-order valence-electron chi connectivity index (χ2n) is 4.89. The molecule has 2 atom stereocenters. The van der Waals surface area contributed by atoms with Crippen molar-refractivity contribution >= 4 is 17.3 Å². The van der Waals surface area contributed by atoms with E-state index in [0.29, 0.717) is 30.0 Å². The van der Waals surface area contributed by atoms with Crippen LogP contribution in [0.25, 0.3) is 0 Å². The highest BCUT2D eigenvalue weighted by Crippen LogP contribution is 2.31. The molecule has 1 fully saturated rings. The molecule has 1 aromatic rings. The van der Waals surface area contributed by atoms with Crippen LogP contribution in [0.5, 0.6) is 0 Å². The minimum absolute atomic E-state index is 0.0500. The number of nitrogens with zero attached hydrogens (tertiary/aromatic N) is 1. The number of carbonyl (C=O) groups excluding carboxylic acids is 1. The van der Waals surface area contributed by atoms with Crippen LogP contribution in [0.3, 0.4) is 0 Å². The zero-order valence-electron chi connectivity index (χ0n) is 11.7. The second kappa shape index (κ2) is 6.11. The molecule has 0 spiro atoms. The van der Waals surface area contributed by atoms with Crippen molar-refractivity contribution in [3.63, 3.8) is 0 Å². The Balaban J connectivity index is 2.38. The number of hydrogen-bond acceptors (Lipinski definition) is 6. The van der Waals surface area contributed by atoms with Gasteiger partial charge in [-0.25, -0.2) is 4.79 Å². The number of methoxy groups -OCH3 is 1.